The third-order valence-electron chi connectivity index (χ3n) is 5.43. The first-order chi connectivity index (χ1) is 15.1. The van der Waals surface area contributed by atoms with E-state index in [0.717, 1.165) is 27.2 Å². The predicted octanol–water partition coefficient (Wildman–Crippen LogP) is 5.83. The van der Waals surface area contributed by atoms with Crippen LogP contribution in [-0.2, 0) is 10.5 Å². The number of anilines is 1. The molecule has 7 heteroatoms. The molecule has 4 rings (SSSR count). The Bertz CT molecular complexity index is 1070. The van der Waals surface area contributed by atoms with E-state index in [1.807, 2.05) is 60.3 Å². The highest BCUT2D eigenvalue weighted by Crippen LogP contribution is 2.35. The Morgan fingerprint density at radius 2 is 1.77 bits per heavy atom. The quantitative estimate of drug-likeness (QED) is 0.418. The van der Waals surface area contributed by atoms with Crippen LogP contribution >= 0.6 is 23.5 Å². The van der Waals surface area contributed by atoms with Crippen LogP contribution in [0.3, 0.4) is 0 Å². The number of nitrogens with two attached hydrogens (primary N) is 1. The van der Waals surface area contributed by atoms with Crippen molar-refractivity contribution in [3.8, 4) is 0 Å². The molecule has 162 valence electrons. The third-order valence-corrected chi connectivity index (χ3v) is 7.92. The number of hydrogen-bond acceptors (Lipinski definition) is 5. The second-order valence-corrected chi connectivity index (χ2v) is 9.99. The number of fused-ring (bicyclic) bond motifs is 1. The molecule has 3 aromatic rings. The van der Waals surface area contributed by atoms with E-state index in [2.05, 4.69) is 5.32 Å². The molecule has 1 aromatic heterocycles. The Kier molecular flexibility index (Phi) is 7.25. The van der Waals surface area contributed by atoms with E-state index in [0.29, 0.717) is 16.7 Å². The average Bonchev–Trinajstić information content (AvgIpc) is 3.16. The normalized spacial score (nSPS) is 14.6. The van der Waals surface area contributed by atoms with Gasteiger partial charge in [0.1, 0.15) is 5.58 Å². The van der Waals surface area contributed by atoms with E-state index in [1.54, 1.807) is 0 Å². The van der Waals surface area contributed by atoms with E-state index in [1.165, 1.54) is 43.9 Å². The van der Waals surface area contributed by atoms with Crippen LogP contribution in [0.25, 0.3) is 11.0 Å². The smallest absolute Gasteiger partial charge is 0.291 e. The van der Waals surface area contributed by atoms with E-state index in [4.69, 9.17) is 10.2 Å². The Morgan fingerprint density at radius 1 is 1.03 bits per heavy atom. The SMILES string of the molecule is NC(=O)CSc1ccccc1NC(=O)c1oc2ccccc2c1CSC1CCCCC1. The summed E-state index contributed by atoms with van der Waals surface area (Å²) in [6.45, 7) is 0. The number of carbonyl (C=O) groups is 2. The zero-order valence-electron chi connectivity index (χ0n) is 17.3. The molecule has 1 aliphatic carbocycles. The van der Waals surface area contributed by atoms with Crippen molar-refractivity contribution in [1.82, 2.24) is 0 Å². The summed E-state index contributed by atoms with van der Waals surface area (Å²) < 4.78 is 6.00. The van der Waals surface area contributed by atoms with Crippen LogP contribution in [0.2, 0.25) is 0 Å². The van der Waals surface area contributed by atoms with Gasteiger partial charge < -0.3 is 15.5 Å². The maximum absolute atomic E-state index is 13.2. The Balaban J connectivity index is 1.57. The second-order valence-electron chi connectivity index (χ2n) is 7.68. The number of primary amides is 1. The van der Waals surface area contributed by atoms with Gasteiger partial charge in [0.2, 0.25) is 5.91 Å². The Morgan fingerprint density at radius 3 is 2.58 bits per heavy atom. The molecule has 0 unspecified atom stereocenters. The summed E-state index contributed by atoms with van der Waals surface area (Å²) in [4.78, 5) is 25.2. The molecular formula is C24H26N2O3S2. The van der Waals surface area contributed by atoms with E-state index in [-0.39, 0.29) is 11.7 Å². The molecule has 31 heavy (non-hydrogen) atoms. The first-order valence-corrected chi connectivity index (χ1v) is 12.6. The van der Waals surface area contributed by atoms with Crippen molar-refractivity contribution in [1.29, 1.82) is 0 Å². The van der Waals surface area contributed by atoms with Gasteiger partial charge >= 0.3 is 0 Å². The van der Waals surface area contributed by atoms with Crippen molar-refractivity contribution in [2.45, 2.75) is 48.0 Å². The van der Waals surface area contributed by atoms with Crippen molar-refractivity contribution < 1.29 is 14.0 Å². The van der Waals surface area contributed by atoms with Gasteiger partial charge in [-0.05, 0) is 31.0 Å². The molecule has 5 nitrogen and oxygen atoms in total. The van der Waals surface area contributed by atoms with Crippen LogP contribution in [0, 0.1) is 0 Å². The molecule has 0 bridgehead atoms. The highest BCUT2D eigenvalue weighted by atomic mass is 32.2. The van der Waals surface area contributed by atoms with Crippen LogP contribution in [0.15, 0.2) is 57.8 Å². The molecular weight excluding hydrogens is 428 g/mol. The van der Waals surface area contributed by atoms with Gasteiger partial charge in [0.25, 0.3) is 5.91 Å². The molecule has 0 spiro atoms. The minimum atomic E-state index is -0.398. The number of nitrogens with one attached hydrogen (secondary N) is 1. The lowest BCUT2D eigenvalue weighted by Crippen LogP contribution is -2.15. The predicted molar refractivity (Wildman–Crippen MR) is 129 cm³/mol. The van der Waals surface area contributed by atoms with Gasteiger partial charge in [-0.2, -0.15) is 11.8 Å². The molecule has 1 fully saturated rings. The van der Waals surface area contributed by atoms with Crippen LogP contribution in [-0.4, -0.2) is 22.8 Å². The zero-order chi connectivity index (χ0) is 21.6. The van der Waals surface area contributed by atoms with E-state index >= 15 is 0 Å². The molecule has 2 amide bonds. The second kappa shape index (κ2) is 10.3. The summed E-state index contributed by atoms with van der Waals surface area (Å²) in [5, 5.41) is 4.61. The van der Waals surface area contributed by atoms with Gasteiger partial charge in [0, 0.05) is 26.8 Å². The first kappa shape index (κ1) is 21.8. The van der Waals surface area contributed by atoms with Gasteiger partial charge in [-0.1, -0.05) is 49.6 Å². The molecule has 1 aliphatic rings. The highest BCUT2D eigenvalue weighted by Gasteiger charge is 2.23. The standard InChI is InChI=1S/C24H26N2O3S2/c25-22(27)15-31-21-13-7-5-11-19(21)26-24(28)23-18(14-30-16-8-2-1-3-9-16)17-10-4-6-12-20(17)29-23/h4-7,10-13,16H,1-3,8-9,14-15H2,(H2,25,27)(H,26,28). The number of benzene rings is 2. The van der Waals surface area contributed by atoms with Crippen molar-refractivity contribution in [3.05, 3.63) is 59.9 Å². The fourth-order valence-corrected chi connectivity index (χ4v) is 5.98. The van der Waals surface area contributed by atoms with Crippen LogP contribution < -0.4 is 11.1 Å². The van der Waals surface area contributed by atoms with Crippen molar-refractivity contribution in [2.75, 3.05) is 11.1 Å². The van der Waals surface area contributed by atoms with Gasteiger partial charge in [0.15, 0.2) is 5.76 Å². The summed E-state index contributed by atoms with van der Waals surface area (Å²) in [5.41, 5.74) is 7.59. The van der Waals surface area contributed by atoms with Crippen LogP contribution in [0.4, 0.5) is 5.69 Å². The van der Waals surface area contributed by atoms with Crippen molar-refractivity contribution in [3.63, 3.8) is 0 Å². The number of furan rings is 1. The number of amides is 2. The minimum absolute atomic E-state index is 0.154. The Hall–Kier alpha value is -2.38. The first-order valence-electron chi connectivity index (χ1n) is 10.6. The zero-order valence-corrected chi connectivity index (χ0v) is 18.9. The molecule has 0 saturated heterocycles. The number of carbonyl (C=O) groups excluding carboxylic acids is 2. The number of thioether (sulfide) groups is 2. The van der Waals surface area contributed by atoms with Crippen LogP contribution in [0.1, 0.15) is 48.2 Å². The molecule has 1 heterocycles. The number of para-hydroxylation sites is 2. The number of hydrogen-bond donors (Lipinski definition) is 2. The molecule has 2 aromatic carbocycles. The lowest BCUT2D eigenvalue weighted by atomic mass is 10.0. The fourth-order valence-electron chi connectivity index (χ4n) is 3.88. The molecule has 0 radical (unpaired) electrons. The molecule has 3 N–H and O–H groups in total. The summed E-state index contributed by atoms with van der Waals surface area (Å²) in [6.07, 6.45) is 6.39. The molecule has 0 aliphatic heterocycles. The van der Waals surface area contributed by atoms with Gasteiger partial charge in [0.05, 0.1) is 11.4 Å². The van der Waals surface area contributed by atoms with E-state index < -0.39 is 5.91 Å². The average molecular weight is 455 g/mol. The van der Waals surface area contributed by atoms with Gasteiger partial charge in [-0.3, -0.25) is 9.59 Å². The molecule has 0 atom stereocenters. The van der Waals surface area contributed by atoms with Crippen molar-refractivity contribution >= 4 is 52.0 Å². The summed E-state index contributed by atoms with van der Waals surface area (Å²) in [5.74, 6) is 0.593. The minimum Gasteiger partial charge on any atom is -0.451 e. The maximum Gasteiger partial charge on any atom is 0.291 e. The van der Waals surface area contributed by atoms with Gasteiger partial charge in [-0.15, -0.1) is 11.8 Å². The Labute approximate surface area is 190 Å². The monoisotopic (exact) mass is 454 g/mol. The van der Waals surface area contributed by atoms with Crippen LogP contribution in [0.5, 0.6) is 0 Å². The maximum atomic E-state index is 13.2. The summed E-state index contributed by atoms with van der Waals surface area (Å²) in [6, 6.07) is 15.2. The lowest BCUT2D eigenvalue weighted by Gasteiger charge is -2.20. The number of rotatable bonds is 8. The molecule has 1 saturated carbocycles. The lowest BCUT2D eigenvalue weighted by molar-refractivity contribution is -0.115. The topological polar surface area (TPSA) is 85.3 Å². The van der Waals surface area contributed by atoms with Crippen molar-refractivity contribution in [2.24, 2.45) is 5.73 Å². The van der Waals surface area contributed by atoms with Gasteiger partial charge in [-0.25, -0.2) is 0 Å². The highest BCUT2D eigenvalue weighted by molar-refractivity contribution is 8.00. The van der Waals surface area contributed by atoms with E-state index in [9.17, 15) is 9.59 Å². The largest absolute Gasteiger partial charge is 0.451 e. The summed E-state index contributed by atoms with van der Waals surface area (Å²) in [7, 11) is 0. The fraction of sp³-hybridized carbons (Fsp3) is 0.333. The third kappa shape index (κ3) is 5.46. The summed E-state index contributed by atoms with van der Waals surface area (Å²) >= 11 is 3.23.